The van der Waals surface area contributed by atoms with Gasteiger partial charge in [-0.2, -0.15) is 0 Å². The topological polar surface area (TPSA) is 42.0 Å². The van der Waals surface area contributed by atoms with E-state index in [1.165, 1.54) is 31.4 Å². The molecule has 188 valence electrons. The molecule has 5 aliphatic rings. The van der Waals surface area contributed by atoms with E-state index in [9.17, 15) is 5.11 Å². The van der Waals surface area contributed by atoms with Crippen LogP contribution in [0.25, 0.3) is 0 Å². The van der Waals surface area contributed by atoms with Crippen LogP contribution in [-0.2, 0) is 9.47 Å². The zero-order chi connectivity index (χ0) is 24.1. The van der Waals surface area contributed by atoms with Crippen LogP contribution in [0.1, 0.15) is 113 Å². The molecule has 0 unspecified atom stereocenters. The third kappa shape index (κ3) is 3.19. The number of hydrogen-bond donors (Lipinski definition) is 1. The van der Waals surface area contributed by atoms with Gasteiger partial charge >= 0.3 is 0 Å². The number of allylic oxidation sites excluding steroid dienone is 1. The highest BCUT2D eigenvalue weighted by Gasteiger charge is 2.70. The first-order valence-electron chi connectivity index (χ1n) is 14.0. The molecule has 0 radical (unpaired) electrons. The molecule has 3 saturated carbocycles. The highest BCUT2D eigenvalue weighted by atomic mass is 16.6. The molecule has 0 bridgehead atoms. The number of aliphatic hydroxyl groups is 1. The molecular weight excluding hydrogens is 408 g/mol. The normalized spacial score (nSPS) is 52.2. The fourth-order valence-electron chi connectivity index (χ4n) is 10.0. The summed E-state index contributed by atoms with van der Waals surface area (Å²) >= 11 is 0. The van der Waals surface area contributed by atoms with E-state index in [2.05, 4.69) is 61.5 Å². The fourth-order valence-corrected chi connectivity index (χ4v) is 10.0. The van der Waals surface area contributed by atoms with Crippen molar-refractivity contribution in [3.63, 3.8) is 0 Å². The van der Waals surface area contributed by atoms with Crippen molar-refractivity contribution in [2.45, 2.75) is 130 Å². The second-order valence-corrected chi connectivity index (χ2v) is 14.4. The lowest BCUT2D eigenvalue weighted by atomic mass is 9.38. The Morgan fingerprint density at radius 3 is 2.27 bits per heavy atom. The van der Waals surface area contributed by atoms with Gasteiger partial charge in [0, 0.05) is 6.61 Å². The Bertz CT molecular complexity index is 828. The number of hydrogen-bond acceptors (Lipinski definition) is 3. The summed E-state index contributed by atoms with van der Waals surface area (Å²) in [7, 11) is 0. The zero-order valence-corrected chi connectivity index (χ0v) is 22.7. The SMILES string of the molecule is C[C@@H](C/C=C1/OC1(C)C)[C@@H]1CC[C@]2(C)[C@H]3CC[C@]4(O)[C@@H](CCCOC4(C)C)[C@]3(C)CC[C@@]12C. The van der Waals surface area contributed by atoms with Crippen LogP contribution in [0.5, 0.6) is 0 Å². The fraction of sp³-hybridized carbons (Fsp3) is 0.933. The van der Waals surface area contributed by atoms with Gasteiger partial charge < -0.3 is 14.6 Å². The Hall–Kier alpha value is -0.540. The van der Waals surface area contributed by atoms with Crippen molar-refractivity contribution < 1.29 is 14.6 Å². The van der Waals surface area contributed by atoms with Gasteiger partial charge in [-0.1, -0.05) is 27.7 Å². The molecule has 3 heteroatoms. The molecule has 0 aromatic carbocycles. The van der Waals surface area contributed by atoms with Crippen molar-refractivity contribution in [3.8, 4) is 0 Å². The quantitative estimate of drug-likeness (QED) is 0.452. The Morgan fingerprint density at radius 2 is 1.61 bits per heavy atom. The van der Waals surface area contributed by atoms with Gasteiger partial charge in [-0.15, -0.1) is 0 Å². The molecule has 5 fully saturated rings. The Morgan fingerprint density at radius 1 is 0.909 bits per heavy atom. The summed E-state index contributed by atoms with van der Waals surface area (Å²) in [5.41, 5.74) is -0.217. The van der Waals surface area contributed by atoms with Crippen LogP contribution < -0.4 is 0 Å². The molecule has 3 nitrogen and oxygen atoms in total. The molecule has 2 saturated heterocycles. The zero-order valence-electron chi connectivity index (χ0n) is 22.7. The minimum Gasteiger partial charge on any atom is -0.480 e. The van der Waals surface area contributed by atoms with Gasteiger partial charge in [0.2, 0.25) is 0 Å². The van der Waals surface area contributed by atoms with E-state index in [-0.39, 0.29) is 11.0 Å². The molecule has 8 atom stereocenters. The van der Waals surface area contributed by atoms with Gasteiger partial charge in [0.15, 0.2) is 5.60 Å². The average molecular weight is 459 g/mol. The van der Waals surface area contributed by atoms with Gasteiger partial charge in [-0.05, 0) is 131 Å². The summed E-state index contributed by atoms with van der Waals surface area (Å²) in [5.74, 6) is 3.71. The number of fused-ring (bicyclic) bond motifs is 5. The molecule has 1 N–H and O–H groups in total. The maximum Gasteiger partial charge on any atom is 0.159 e. The molecule has 0 aromatic heterocycles. The molecule has 3 aliphatic carbocycles. The van der Waals surface area contributed by atoms with Crippen LogP contribution in [0.4, 0.5) is 0 Å². The van der Waals surface area contributed by atoms with Crippen LogP contribution >= 0.6 is 0 Å². The van der Waals surface area contributed by atoms with Crippen molar-refractivity contribution in [2.75, 3.05) is 6.61 Å². The lowest BCUT2D eigenvalue weighted by molar-refractivity contribution is -0.258. The molecule has 0 spiro atoms. The minimum absolute atomic E-state index is 0.0183. The van der Waals surface area contributed by atoms with E-state index in [4.69, 9.17) is 9.47 Å². The van der Waals surface area contributed by atoms with Crippen LogP contribution in [0.3, 0.4) is 0 Å². The van der Waals surface area contributed by atoms with Gasteiger partial charge in [0.05, 0.1) is 11.2 Å². The van der Waals surface area contributed by atoms with Crippen molar-refractivity contribution in [3.05, 3.63) is 11.8 Å². The van der Waals surface area contributed by atoms with Crippen molar-refractivity contribution >= 4 is 0 Å². The van der Waals surface area contributed by atoms with Gasteiger partial charge in [0.1, 0.15) is 5.76 Å². The third-order valence-electron chi connectivity index (χ3n) is 12.5. The van der Waals surface area contributed by atoms with E-state index in [1.54, 1.807) is 0 Å². The van der Waals surface area contributed by atoms with E-state index < -0.39 is 11.2 Å². The molecular formula is C30H50O3. The summed E-state index contributed by atoms with van der Waals surface area (Å²) < 4.78 is 12.0. The third-order valence-corrected chi connectivity index (χ3v) is 12.5. The van der Waals surface area contributed by atoms with Crippen LogP contribution in [0, 0.1) is 39.9 Å². The standard InChI is InChI=1S/C30H50O3/c1-20(11-12-24-25(2,3)33-24)21-13-15-29(8)22-14-16-30(31)23(10-9-19-32-26(30,4)5)27(22,6)17-18-28(21,29)7/h12,20-23,31H,9-11,13-19H2,1-8H3/b24-12+/t20-,21-,22-,23-,27+,28-,29+,30-/m0/s1. The Labute approximate surface area is 203 Å². The van der Waals surface area contributed by atoms with Crippen molar-refractivity contribution in [1.82, 2.24) is 0 Å². The van der Waals surface area contributed by atoms with E-state index >= 15 is 0 Å². The number of ether oxygens (including phenoxy) is 2. The molecule has 0 aromatic rings. The number of rotatable bonds is 3. The smallest absolute Gasteiger partial charge is 0.159 e. The van der Waals surface area contributed by atoms with Gasteiger partial charge in [0.25, 0.3) is 0 Å². The van der Waals surface area contributed by atoms with Crippen LogP contribution in [0.2, 0.25) is 0 Å². The van der Waals surface area contributed by atoms with Crippen LogP contribution in [-0.4, -0.2) is 28.5 Å². The predicted molar refractivity (Wildman–Crippen MR) is 134 cm³/mol. The second kappa shape index (κ2) is 7.25. The largest absolute Gasteiger partial charge is 0.480 e. The van der Waals surface area contributed by atoms with Crippen molar-refractivity contribution in [1.29, 1.82) is 0 Å². The van der Waals surface area contributed by atoms with Gasteiger partial charge in [-0.3, -0.25) is 0 Å². The molecule has 33 heavy (non-hydrogen) atoms. The monoisotopic (exact) mass is 458 g/mol. The summed E-state index contributed by atoms with van der Waals surface area (Å²) in [4.78, 5) is 0. The van der Waals surface area contributed by atoms with Crippen LogP contribution in [0.15, 0.2) is 11.8 Å². The summed E-state index contributed by atoms with van der Waals surface area (Å²) in [6, 6.07) is 0. The lowest BCUT2D eigenvalue weighted by Crippen LogP contribution is -2.67. The average Bonchev–Trinajstić information content (AvgIpc) is 3.27. The van der Waals surface area contributed by atoms with E-state index in [1.807, 2.05) is 0 Å². The maximum atomic E-state index is 12.2. The maximum absolute atomic E-state index is 12.2. The lowest BCUT2D eigenvalue weighted by Gasteiger charge is -2.68. The highest BCUT2D eigenvalue weighted by Crippen LogP contribution is 2.75. The first-order valence-corrected chi connectivity index (χ1v) is 14.0. The van der Waals surface area contributed by atoms with E-state index in [0.29, 0.717) is 28.6 Å². The first kappa shape index (κ1) is 24.2. The minimum atomic E-state index is -0.701. The molecule has 2 aliphatic heterocycles. The molecule has 2 heterocycles. The van der Waals surface area contributed by atoms with E-state index in [0.717, 1.165) is 44.6 Å². The molecule has 0 amide bonds. The van der Waals surface area contributed by atoms with Crippen molar-refractivity contribution in [2.24, 2.45) is 39.9 Å². The Balaban J connectivity index is 1.43. The summed E-state index contributed by atoms with van der Waals surface area (Å²) in [6.45, 7) is 19.8. The molecule has 5 rings (SSSR count). The summed E-state index contributed by atoms with van der Waals surface area (Å²) in [5, 5.41) is 12.2. The van der Waals surface area contributed by atoms with Gasteiger partial charge in [-0.25, -0.2) is 0 Å². The summed E-state index contributed by atoms with van der Waals surface area (Å²) in [6.07, 6.45) is 13.0. The number of epoxide rings is 1. The second-order valence-electron chi connectivity index (χ2n) is 14.4. The predicted octanol–water partition coefficient (Wildman–Crippen LogP) is 7.27. The highest BCUT2D eigenvalue weighted by molar-refractivity contribution is 5.22. The first-order chi connectivity index (χ1) is 15.2. The Kier molecular flexibility index (Phi) is 5.31.